The molecule has 0 amide bonds. The van der Waals surface area contributed by atoms with Gasteiger partial charge < -0.3 is 9.47 Å². The zero-order valence-corrected chi connectivity index (χ0v) is 34.3. The monoisotopic (exact) mass is 959 g/mol. The molecule has 0 radical (unpaired) electrons. The van der Waals surface area contributed by atoms with E-state index in [1.807, 2.05) is 13.8 Å². The summed E-state index contributed by atoms with van der Waals surface area (Å²) < 4.78 is 12.2. The first kappa shape index (κ1) is 41.2. The number of benzene rings is 2. The summed E-state index contributed by atoms with van der Waals surface area (Å²) in [7, 11) is 25.0. The number of carbonyl (C=O) groups excluding carboxylic acids is 2. The zero-order chi connectivity index (χ0) is 33.7. The predicted molar refractivity (Wildman–Crippen MR) is 188 cm³/mol. The number of esters is 2. The maximum atomic E-state index is 13.5. The Bertz CT molecular complexity index is 1370. The van der Waals surface area contributed by atoms with Crippen molar-refractivity contribution in [3.8, 4) is 0 Å². The number of hydrogen-bond acceptors (Lipinski definition) is 6. The zero-order valence-electron chi connectivity index (χ0n) is 22.7. The second-order valence-corrected chi connectivity index (χ2v) is 68.5. The number of unbranched alkanes of at least 4 members (excludes halogenated alkanes) is 2. The molecule has 0 saturated heterocycles. The first-order valence-electron chi connectivity index (χ1n) is 12.5. The second-order valence-electron chi connectivity index (χ2n) is 9.10. The van der Waals surface area contributed by atoms with Gasteiger partial charge in [-0.3, -0.25) is 0 Å². The van der Waals surface area contributed by atoms with Crippen LogP contribution >= 0.6 is 123 Å². The molecule has 0 spiro atoms. The second kappa shape index (κ2) is 16.2. The van der Waals surface area contributed by atoms with Crippen LogP contribution in [0.4, 0.5) is 11.4 Å². The van der Waals surface area contributed by atoms with E-state index in [1.165, 1.54) is 34.0 Å². The van der Waals surface area contributed by atoms with E-state index in [9.17, 15) is 9.59 Å². The summed E-state index contributed by atoms with van der Waals surface area (Å²) in [6.45, 7) is 4.20. The van der Waals surface area contributed by atoms with E-state index in [0.29, 0.717) is 12.8 Å². The topological polar surface area (TPSA) is 71.2 Å². The van der Waals surface area contributed by atoms with Crippen LogP contribution in [0.25, 0.3) is 0 Å². The Labute approximate surface area is 304 Å². The van der Waals surface area contributed by atoms with Gasteiger partial charge in [0.05, 0.1) is 38.5 Å². The van der Waals surface area contributed by atoms with E-state index < -0.39 is 33.2 Å². The van der Waals surface area contributed by atoms with E-state index >= 15 is 0 Å². The molecule has 0 bridgehead atoms. The molecule has 7 nitrogen and oxygen atoms in total. The maximum absolute atomic E-state index is 13.5. The SMILES string of the molecule is CCCCOC(=O)[C@@H]1[C@H](C(=O)OCCCC)[N+](c2c(Cl)cc(Cl)cc2Cl)=NN1c1c(Cl)cc(Cl)cc1Cl.[Cl][Sb-]([Cl])([Cl])([Cl])([Cl])[Cl]. The molecule has 0 N–H and O–H groups in total. The Morgan fingerprint density at radius 1 is 0.750 bits per heavy atom. The summed E-state index contributed by atoms with van der Waals surface area (Å²) >= 11 is 38.2. The van der Waals surface area contributed by atoms with Gasteiger partial charge in [-0.2, -0.15) is 0 Å². The molecule has 1 aliphatic rings. The minimum absolute atomic E-state index is 0.0980. The van der Waals surface area contributed by atoms with Gasteiger partial charge in [0.15, 0.2) is 11.4 Å². The third kappa shape index (κ3) is 13.5. The molecule has 44 heavy (non-hydrogen) atoms. The van der Waals surface area contributed by atoms with Crippen molar-refractivity contribution in [2.75, 3.05) is 18.2 Å². The molecule has 2 aromatic carbocycles. The third-order valence-electron chi connectivity index (χ3n) is 5.41. The summed E-state index contributed by atoms with van der Waals surface area (Å²) in [5, 5.41) is 6.68. The van der Waals surface area contributed by atoms with Gasteiger partial charge >= 0.3 is 74.1 Å². The average molecular weight is 966 g/mol. The van der Waals surface area contributed by atoms with Gasteiger partial charge in [-0.15, -0.1) is 9.71 Å². The molecule has 0 fully saturated rings. The first-order chi connectivity index (χ1) is 20.0. The molecule has 248 valence electrons. The van der Waals surface area contributed by atoms with Crippen LogP contribution in [0.2, 0.25) is 30.1 Å². The molecule has 0 unspecified atom stereocenters. The molecule has 1 aliphatic heterocycles. The first-order valence-corrected chi connectivity index (χ1v) is 34.2. The predicted octanol–water partition coefficient (Wildman–Crippen LogP) is 12.3. The van der Waals surface area contributed by atoms with Crippen molar-refractivity contribution in [1.29, 1.82) is 0 Å². The van der Waals surface area contributed by atoms with Crippen molar-refractivity contribution in [2.45, 2.75) is 51.6 Å². The average Bonchev–Trinajstić information content (AvgIpc) is 3.20. The van der Waals surface area contributed by atoms with Gasteiger partial charge in [-0.25, -0.2) is 9.59 Å². The number of nitrogens with zero attached hydrogens (tertiary/aromatic N) is 3. The number of ether oxygens (including phenoxy) is 2. The van der Waals surface area contributed by atoms with E-state index in [1.54, 1.807) is 0 Å². The van der Waals surface area contributed by atoms with Crippen LogP contribution < -0.4 is 5.01 Å². The van der Waals surface area contributed by atoms with Gasteiger partial charge in [0.2, 0.25) is 0 Å². The van der Waals surface area contributed by atoms with Crippen molar-refractivity contribution >= 4 is 155 Å². The van der Waals surface area contributed by atoms with Crippen molar-refractivity contribution in [2.24, 2.45) is 5.22 Å². The van der Waals surface area contributed by atoms with E-state index in [-0.39, 0.29) is 54.7 Å². The van der Waals surface area contributed by atoms with Crippen LogP contribution in [0.5, 0.6) is 0 Å². The Kier molecular flexibility index (Phi) is 15.2. The molecule has 2 aromatic rings. The number of carbonyl (C=O) groups is 2. The fraction of sp³-hybridized carbons (Fsp3) is 0.417. The third-order valence-corrected chi connectivity index (χ3v) is 7.00. The van der Waals surface area contributed by atoms with E-state index in [4.69, 9.17) is 132 Å². The summed E-state index contributed by atoms with van der Waals surface area (Å²) in [5.41, 5.74) is 0.278. The van der Waals surface area contributed by atoms with E-state index in [2.05, 4.69) is 5.22 Å². The van der Waals surface area contributed by atoms with Gasteiger partial charge in [0.25, 0.3) is 12.1 Å². The van der Waals surface area contributed by atoms with Crippen LogP contribution in [-0.4, -0.2) is 51.1 Å². The number of halogens is 12. The summed E-state index contributed by atoms with van der Waals surface area (Å²) in [6.07, 6.45) is 2.85. The Morgan fingerprint density at radius 3 is 1.55 bits per heavy atom. The fourth-order valence-corrected chi connectivity index (χ4v) is 5.60. The van der Waals surface area contributed by atoms with Crippen LogP contribution in [0.3, 0.4) is 0 Å². The number of anilines is 1. The quantitative estimate of drug-likeness (QED) is 0.103. The van der Waals surface area contributed by atoms with Crippen molar-refractivity contribution in [3.05, 3.63) is 54.4 Å². The normalized spacial score (nSPS) is 18.0. The molecule has 0 aliphatic carbocycles. The van der Waals surface area contributed by atoms with Crippen molar-refractivity contribution in [1.82, 2.24) is 0 Å². The molecule has 0 aromatic heterocycles. The van der Waals surface area contributed by atoms with Crippen molar-refractivity contribution in [3.63, 3.8) is 0 Å². The number of hydrogen-bond donors (Lipinski definition) is 0. The van der Waals surface area contributed by atoms with Crippen LogP contribution in [0.1, 0.15) is 39.5 Å². The fourth-order valence-electron chi connectivity index (χ4n) is 3.62. The Hall–Kier alpha value is 1.08. The molecule has 3 rings (SSSR count). The summed E-state index contributed by atoms with van der Waals surface area (Å²) in [4.78, 5) is 27.0. The van der Waals surface area contributed by atoms with E-state index in [0.717, 1.165) is 12.8 Å². The van der Waals surface area contributed by atoms with Gasteiger partial charge in [0.1, 0.15) is 0 Å². The molecule has 0 saturated carbocycles. The van der Waals surface area contributed by atoms with Gasteiger partial charge in [0, 0.05) is 10.0 Å². The summed E-state index contributed by atoms with van der Waals surface area (Å²) in [6, 6.07) is 3.09. The van der Waals surface area contributed by atoms with Crippen LogP contribution in [-0.2, 0) is 19.1 Å². The minimum atomic E-state index is -5.42. The molecule has 20 heteroatoms. The Morgan fingerprint density at radius 2 is 1.14 bits per heavy atom. The van der Waals surface area contributed by atoms with Crippen LogP contribution in [0, 0.1) is 0 Å². The molecule has 1 heterocycles. The standard InChI is InChI=1S/C24H24Cl6N3O4.6ClH.Sb/c1-3-5-7-36-23(34)21-22(24(35)37-8-6-4-2)33(20-17(29)11-14(26)12-18(20)30)31-32(21)19-15(27)9-13(25)10-16(19)28;;;;;;;/h9-12,21-22H,3-8H2,1-2H3;6*1H;/q+1;;;;;;;+5/p-6/t21-,22+;;;;;;;. The molecule has 2 atom stereocenters. The van der Waals surface area contributed by atoms with Crippen LogP contribution in [0.15, 0.2) is 29.5 Å². The summed E-state index contributed by atoms with van der Waals surface area (Å²) in [5.74, 6) is -1.47. The Balaban J connectivity index is 0.000000860. The molecular weight excluding hydrogens is 941 g/mol. The number of rotatable bonds is 10. The van der Waals surface area contributed by atoms with Gasteiger partial charge in [-0.1, -0.05) is 96.3 Å². The van der Waals surface area contributed by atoms with Gasteiger partial charge in [-0.05, 0) is 37.1 Å². The van der Waals surface area contributed by atoms with Crippen molar-refractivity contribution < 1.29 is 23.8 Å². The molecular formula is C24H24Cl12N3O4Sb.